The summed E-state index contributed by atoms with van der Waals surface area (Å²) in [6, 6.07) is 10.3. The van der Waals surface area contributed by atoms with Gasteiger partial charge in [-0.1, -0.05) is 45.0 Å². The van der Waals surface area contributed by atoms with E-state index in [9.17, 15) is 5.11 Å². The first-order chi connectivity index (χ1) is 9.86. The number of hydrogen-bond donors (Lipinski definition) is 2. The second-order valence-electron chi connectivity index (χ2n) is 6.70. The molecule has 0 saturated heterocycles. The lowest BCUT2D eigenvalue weighted by atomic mass is 9.86. The number of aliphatic hydroxyl groups is 1. The van der Waals surface area contributed by atoms with Crippen LogP contribution in [-0.4, -0.2) is 16.2 Å². The van der Waals surface area contributed by atoms with Crippen LogP contribution >= 0.6 is 0 Å². The fourth-order valence-electron chi connectivity index (χ4n) is 2.34. The Balaban J connectivity index is 1.87. The minimum Gasteiger partial charge on any atom is -0.387 e. The van der Waals surface area contributed by atoms with E-state index in [2.05, 4.69) is 50.5 Å². The monoisotopic (exact) mass is 286 g/mol. The Kier molecular flexibility index (Phi) is 4.86. The Bertz CT molecular complexity index is 564. The molecule has 21 heavy (non-hydrogen) atoms. The molecule has 0 saturated carbocycles. The van der Waals surface area contributed by atoms with Gasteiger partial charge in [-0.25, -0.2) is 0 Å². The van der Waals surface area contributed by atoms with Gasteiger partial charge in [0.1, 0.15) is 0 Å². The quantitative estimate of drug-likeness (QED) is 0.886. The van der Waals surface area contributed by atoms with E-state index in [-0.39, 0.29) is 5.41 Å². The number of rotatable bonds is 5. The van der Waals surface area contributed by atoms with Gasteiger partial charge >= 0.3 is 0 Å². The van der Waals surface area contributed by atoms with Gasteiger partial charge in [0.25, 0.3) is 0 Å². The molecule has 3 heteroatoms. The second-order valence-corrected chi connectivity index (χ2v) is 6.70. The van der Waals surface area contributed by atoms with Gasteiger partial charge in [0, 0.05) is 32.5 Å². The number of aryl methyl sites for hydroxylation is 1. The molecule has 0 radical (unpaired) electrons. The number of benzene rings is 1. The molecule has 0 spiro atoms. The maximum atomic E-state index is 10.2. The minimum atomic E-state index is -0.470. The maximum Gasteiger partial charge on any atom is 0.0914 e. The topological polar surface area (TPSA) is 37.2 Å². The average molecular weight is 286 g/mol. The second kappa shape index (κ2) is 6.46. The van der Waals surface area contributed by atoms with E-state index in [1.54, 1.807) is 0 Å². The molecule has 0 bridgehead atoms. The van der Waals surface area contributed by atoms with Crippen molar-refractivity contribution in [2.24, 2.45) is 7.05 Å². The van der Waals surface area contributed by atoms with Crippen molar-refractivity contribution in [1.29, 1.82) is 0 Å². The number of nitrogens with zero attached hydrogens (tertiary/aromatic N) is 1. The van der Waals surface area contributed by atoms with Crippen molar-refractivity contribution in [3.63, 3.8) is 0 Å². The third-order valence-corrected chi connectivity index (χ3v) is 3.72. The fourth-order valence-corrected chi connectivity index (χ4v) is 2.34. The summed E-state index contributed by atoms with van der Waals surface area (Å²) in [5, 5.41) is 13.5. The van der Waals surface area contributed by atoms with E-state index >= 15 is 0 Å². The van der Waals surface area contributed by atoms with Gasteiger partial charge < -0.3 is 15.0 Å². The molecule has 1 atom stereocenters. The van der Waals surface area contributed by atoms with Crippen LogP contribution in [0, 0.1) is 0 Å². The van der Waals surface area contributed by atoms with Crippen molar-refractivity contribution in [2.75, 3.05) is 6.54 Å². The number of aromatic nitrogens is 1. The van der Waals surface area contributed by atoms with Crippen LogP contribution in [0.1, 0.15) is 43.6 Å². The van der Waals surface area contributed by atoms with Crippen LogP contribution in [0.5, 0.6) is 0 Å². The molecule has 3 nitrogen and oxygen atoms in total. The molecule has 0 fully saturated rings. The van der Waals surface area contributed by atoms with E-state index in [1.807, 2.05) is 29.9 Å². The third kappa shape index (κ3) is 4.45. The van der Waals surface area contributed by atoms with Crippen molar-refractivity contribution in [1.82, 2.24) is 9.88 Å². The number of aliphatic hydroxyl groups excluding tert-OH is 1. The molecule has 114 valence electrons. The summed E-state index contributed by atoms with van der Waals surface area (Å²) < 4.78 is 2.03. The molecule has 1 aromatic heterocycles. The van der Waals surface area contributed by atoms with Crippen LogP contribution in [0.15, 0.2) is 42.7 Å². The molecule has 1 aromatic carbocycles. The van der Waals surface area contributed by atoms with E-state index in [4.69, 9.17) is 0 Å². The Morgan fingerprint density at radius 3 is 2.33 bits per heavy atom. The van der Waals surface area contributed by atoms with Crippen LogP contribution in [0.2, 0.25) is 0 Å². The lowest BCUT2D eigenvalue weighted by molar-refractivity contribution is 0.174. The van der Waals surface area contributed by atoms with E-state index in [1.165, 1.54) is 11.1 Å². The van der Waals surface area contributed by atoms with Gasteiger partial charge in [0.15, 0.2) is 0 Å². The predicted octanol–water partition coefficient (Wildman–Crippen LogP) is 3.15. The van der Waals surface area contributed by atoms with Crippen LogP contribution < -0.4 is 5.32 Å². The Labute approximate surface area is 127 Å². The van der Waals surface area contributed by atoms with Crippen LogP contribution in [0.3, 0.4) is 0 Å². The highest BCUT2D eigenvalue weighted by atomic mass is 16.3. The Morgan fingerprint density at radius 2 is 1.81 bits per heavy atom. The van der Waals surface area contributed by atoms with Gasteiger partial charge in [-0.3, -0.25) is 0 Å². The predicted molar refractivity (Wildman–Crippen MR) is 87.2 cm³/mol. The summed E-state index contributed by atoms with van der Waals surface area (Å²) in [5.41, 5.74) is 3.63. The summed E-state index contributed by atoms with van der Waals surface area (Å²) in [6.45, 7) is 7.92. The molecule has 2 aromatic rings. The average Bonchev–Trinajstić information content (AvgIpc) is 2.83. The first kappa shape index (κ1) is 15.8. The van der Waals surface area contributed by atoms with Crippen LogP contribution in [0.4, 0.5) is 0 Å². The Morgan fingerprint density at radius 1 is 1.14 bits per heavy atom. The van der Waals surface area contributed by atoms with Crippen molar-refractivity contribution in [3.05, 3.63) is 59.4 Å². The standard InChI is InChI=1S/C18H26N2O/c1-18(2,3)16-7-5-15(6-8-16)17(21)12-19-11-14-9-10-20(4)13-14/h5-10,13,17,19,21H,11-12H2,1-4H3. The smallest absolute Gasteiger partial charge is 0.0914 e. The molecule has 1 unspecified atom stereocenters. The SMILES string of the molecule is Cn1ccc(CNCC(O)c2ccc(C(C)(C)C)cc2)c1. The number of nitrogens with one attached hydrogen (secondary N) is 1. The molecule has 0 amide bonds. The molecule has 1 heterocycles. The minimum absolute atomic E-state index is 0.148. The molecule has 0 aliphatic heterocycles. The zero-order chi connectivity index (χ0) is 15.5. The number of hydrogen-bond acceptors (Lipinski definition) is 2. The summed E-state index contributed by atoms with van der Waals surface area (Å²) >= 11 is 0. The zero-order valence-corrected chi connectivity index (χ0v) is 13.4. The molecule has 0 aliphatic rings. The van der Waals surface area contributed by atoms with E-state index < -0.39 is 6.10 Å². The fraction of sp³-hybridized carbons (Fsp3) is 0.444. The van der Waals surface area contributed by atoms with Gasteiger partial charge in [-0.15, -0.1) is 0 Å². The lowest BCUT2D eigenvalue weighted by Crippen LogP contribution is -2.21. The summed E-state index contributed by atoms with van der Waals surface area (Å²) in [4.78, 5) is 0. The van der Waals surface area contributed by atoms with E-state index in [0.29, 0.717) is 6.54 Å². The summed E-state index contributed by atoms with van der Waals surface area (Å²) in [6.07, 6.45) is 3.64. The van der Waals surface area contributed by atoms with Crippen LogP contribution in [-0.2, 0) is 19.0 Å². The molecule has 2 rings (SSSR count). The highest BCUT2D eigenvalue weighted by Gasteiger charge is 2.14. The van der Waals surface area contributed by atoms with Crippen molar-refractivity contribution in [3.8, 4) is 0 Å². The first-order valence-corrected chi connectivity index (χ1v) is 7.46. The van der Waals surface area contributed by atoms with E-state index in [0.717, 1.165) is 12.1 Å². The molecule has 2 N–H and O–H groups in total. The van der Waals surface area contributed by atoms with Crippen molar-refractivity contribution in [2.45, 2.75) is 38.8 Å². The van der Waals surface area contributed by atoms with Crippen LogP contribution in [0.25, 0.3) is 0 Å². The first-order valence-electron chi connectivity index (χ1n) is 7.46. The normalized spacial score (nSPS) is 13.4. The van der Waals surface area contributed by atoms with Gasteiger partial charge in [-0.2, -0.15) is 0 Å². The Hall–Kier alpha value is -1.58. The summed E-state index contributed by atoms with van der Waals surface area (Å²) in [7, 11) is 2.01. The van der Waals surface area contributed by atoms with Crippen molar-refractivity contribution < 1.29 is 5.11 Å². The van der Waals surface area contributed by atoms with Gasteiger partial charge in [0.05, 0.1) is 6.10 Å². The van der Waals surface area contributed by atoms with Gasteiger partial charge in [0.2, 0.25) is 0 Å². The molecular formula is C18H26N2O. The zero-order valence-electron chi connectivity index (χ0n) is 13.4. The third-order valence-electron chi connectivity index (χ3n) is 3.72. The largest absolute Gasteiger partial charge is 0.387 e. The maximum absolute atomic E-state index is 10.2. The van der Waals surface area contributed by atoms with Crippen molar-refractivity contribution >= 4 is 0 Å². The van der Waals surface area contributed by atoms with Gasteiger partial charge in [-0.05, 0) is 28.2 Å². The highest BCUT2D eigenvalue weighted by molar-refractivity contribution is 5.28. The molecular weight excluding hydrogens is 260 g/mol. The lowest BCUT2D eigenvalue weighted by Gasteiger charge is -2.20. The summed E-state index contributed by atoms with van der Waals surface area (Å²) in [5.74, 6) is 0. The molecule has 0 aliphatic carbocycles. The highest BCUT2D eigenvalue weighted by Crippen LogP contribution is 2.23.